The zero-order chi connectivity index (χ0) is 13.8. The van der Waals surface area contributed by atoms with E-state index in [0.717, 1.165) is 16.8 Å². The molecule has 0 saturated carbocycles. The molecule has 0 spiro atoms. The lowest BCUT2D eigenvalue weighted by molar-refractivity contribution is 0.0950. The number of nitrogens with one attached hydrogen (secondary N) is 1. The van der Waals surface area contributed by atoms with E-state index in [4.69, 9.17) is 5.73 Å². The molecule has 0 aromatic carbocycles. The fourth-order valence-electron chi connectivity index (χ4n) is 1.84. The van der Waals surface area contributed by atoms with Gasteiger partial charge in [0.15, 0.2) is 0 Å². The molecule has 19 heavy (non-hydrogen) atoms. The summed E-state index contributed by atoms with van der Waals surface area (Å²) in [5.41, 5.74) is 8.89. The summed E-state index contributed by atoms with van der Waals surface area (Å²) in [6.07, 6.45) is 4.33. The molecule has 0 aliphatic rings. The van der Waals surface area contributed by atoms with E-state index in [9.17, 15) is 4.79 Å². The van der Waals surface area contributed by atoms with Crippen LogP contribution < -0.4 is 11.1 Å². The molecule has 98 valence electrons. The number of hydrogen-bond acceptors (Lipinski definition) is 5. The average Bonchev–Trinajstić information content (AvgIpc) is 2.38. The second-order valence-corrected chi connectivity index (χ2v) is 4.24. The van der Waals surface area contributed by atoms with Gasteiger partial charge in [-0.15, -0.1) is 0 Å². The molecule has 6 nitrogen and oxygen atoms in total. The minimum Gasteiger partial charge on any atom is -0.384 e. The molecule has 2 rings (SSSR count). The van der Waals surface area contributed by atoms with E-state index in [-0.39, 0.29) is 5.91 Å². The first kappa shape index (κ1) is 12.9. The van der Waals surface area contributed by atoms with Gasteiger partial charge in [0.1, 0.15) is 12.1 Å². The maximum absolute atomic E-state index is 11.9. The maximum atomic E-state index is 11.9. The smallest absolute Gasteiger partial charge is 0.254 e. The minimum absolute atomic E-state index is 0.212. The van der Waals surface area contributed by atoms with Gasteiger partial charge < -0.3 is 11.1 Å². The zero-order valence-corrected chi connectivity index (χ0v) is 10.8. The first-order valence-corrected chi connectivity index (χ1v) is 5.83. The maximum Gasteiger partial charge on any atom is 0.254 e. The third-order valence-electron chi connectivity index (χ3n) is 2.82. The van der Waals surface area contributed by atoms with Gasteiger partial charge in [-0.25, -0.2) is 15.0 Å². The molecule has 0 aliphatic carbocycles. The van der Waals surface area contributed by atoms with E-state index in [1.807, 2.05) is 13.8 Å². The van der Waals surface area contributed by atoms with Crippen molar-refractivity contribution >= 4 is 11.7 Å². The van der Waals surface area contributed by atoms with Crippen molar-refractivity contribution < 1.29 is 4.79 Å². The number of nitrogen functional groups attached to an aromatic ring is 1. The molecule has 2 aromatic rings. The van der Waals surface area contributed by atoms with E-state index < -0.39 is 0 Å². The summed E-state index contributed by atoms with van der Waals surface area (Å²) < 4.78 is 0. The number of nitrogens with two attached hydrogens (primary N) is 1. The van der Waals surface area contributed by atoms with Crippen LogP contribution >= 0.6 is 0 Å². The molecular weight excluding hydrogens is 242 g/mol. The Morgan fingerprint density at radius 3 is 2.63 bits per heavy atom. The lowest BCUT2D eigenvalue weighted by atomic mass is 10.1. The highest BCUT2D eigenvalue weighted by molar-refractivity contribution is 5.93. The highest BCUT2D eigenvalue weighted by Gasteiger charge is 2.09. The average molecular weight is 257 g/mol. The normalized spacial score (nSPS) is 10.2. The van der Waals surface area contributed by atoms with Crippen LogP contribution in [0.1, 0.15) is 27.2 Å². The Balaban J connectivity index is 2.10. The predicted octanol–water partition coefficient (Wildman–Crippen LogP) is 1.00. The van der Waals surface area contributed by atoms with Gasteiger partial charge in [-0.2, -0.15) is 0 Å². The molecule has 0 bridgehead atoms. The van der Waals surface area contributed by atoms with Crippen molar-refractivity contribution in [1.82, 2.24) is 20.3 Å². The molecule has 3 N–H and O–H groups in total. The van der Waals surface area contributed by atoms with Crippen molar-refractivity contribution in [3.05, 3.63) is 47.2 Å². The highest BCUT2D eigenvalue weighted by atomic mass is 16.1. The number of rotatable bonds is 3. The molecule has 0 saturated heterocycles. The first-order chi connectivity index (χ1) is 9.08. The summed E-state index contributed by atoms with van der Waals surface area (Å²) >= 11 is 0. The summed E-state index contributed by atoms with van der Waals surface area (Å²) in [6, 6.07) is 1.79. The number of aryl methyl sites for hydroxylation is 2. The van der Waals surface area contributed by atoms with Gasteiger partial charge in [0, 0.05) is 24.6 Å². The Morgan fingerprint density at radius 1 is 1.32 bits per heavy atom. The Bertz CT molecular complexity index is 574. The first-order valence-electron chi connectivity index (χ1n) is 5.83. The molecule has 1 amide bonds. The number of carbonyl (C=O) groups excluding carboxylic acids is 1. The highest BCUT2D eigenvalue weighted by Crippen LogP contribution is 2.14. The Labute approximate surface area is 111 Å². The van der Waals surface area contributed by atoms with Crippen LogP contribution in [0.25, 0.3) is 0 Å². The standard InChI is InChI=1S/C13H15N5O/c1-8-3-12(14)18-9(2)11(8)6-17-13(19)10-4-15-7-16-5-10/h3-5,7H,6H2,1-2H3,(H2,14,18)(H,17,19). The number of carbonyl (C=O) groups is 1. The summed E-state index contributed by atoms with van der Waals surface area (Å²) in [5.74, 6) is 0.276. The zero-order valence-electron chi connectivity index (χ0n) is 10.8. The largest absolute Gasteiger partial charge is 0.384 e. The van der Waals surface area contributed by atoms with Gasteiger partial charge in [0.05, 0.1) is 5.56 Å². The second kappa shape index (κ2) is 5.43. The van der Waals surface area contributed by atoms with E-state index >= 15 is 0 Å². The third-order valence-corrected chi connectivity index (χ3v) is 2.82. The van der Waals surface area contributed by atoms with Crippen molar-refractivity contribution in [3.63, 3.8) is 0 Å². The van der Waals surface area contributed by atoms with Crippen molar-refractivity contribution in [2.24, 2.45) is 0 Å². The van der Waals surface area contributed by atoms with Crippen LogP contribution in [0, 0.1) is 13.8 Å². The van der Waals surface area contributed by atoms with Crippen LogP contribution in [0.2, 0.25) is 0 Å². The molecular formula is C13H15N5O. The van der Waals surface area contributed by atoms with Crippen molar-refractivity contribution in [1.29, 1.82) is 0 Å². The Kier molecular flexibility index (Phi) is 3.70. The molecule has 6 heteroatoms. The van der Waals surface area contributed by atoms with E-state index in [1.165, 1.54) is 18.7 Å². The molecule has 0 unspecified atom stereocenters. The molecule has 0 aliphatic heterocycles. The van der Waals surface area contributed by atoms with Gasteiger partial charge in [-0.1, -0.05) is 0 Å². The molecule has 2 aromatic heterocycles. The Hall–Kier alpha value is -2.50. The van der Waals surface area contributed by atoms with Crippen molar-refractivity contribution in [2.75, 3.05) is 5.73 Å². The number of nitrogens with zero attached hydrogens (tertiary/aromatic N) is 3. The summed E-state index contributed by atoms with van der Waals surface area (Å²) in [6.45, 7) is 4.22. The quantitative estimate of drug-likeness (QED) is 0.855. The van der Waals surface area contributed by atoms with E-state index in [0.29, 0.717) is 17.9 Å². The van der Waals surface area contributed by atoms with Crippen LogP contribution in [0.15, 0.2) is 24.8 Å². The van der Waals surface area contributed by atoms with E-state index in [1.54, 1.807) is 6.07 Å². The van der Waals surface area contributed by atoms with Gasteiger partial charge in [0.2, 0.25) is 0 Å². The Morgan fingerprint density at radius 2 is 2.00 bits per heavy atom. The summed E-state index contributed by atoms with van der Waals surface area (Å²) in [5, 5.41) is 2.82. The second-order valence-electron chi connectivity index (χ2n) is 4.24. The van der Waals surface area contributed by atoms with Crippen molar-refractivity contribution in [3.8, 4) is 0 Å². The van der Waals surface area contributed by atoms with Crippen molar-refractivity contribution in [2.45, 2.75) is 20.4 Å². The van der Waals surface area contributed by atoms with Gasteiger partial charge in [-0.3, -0.25) is 4.79 Å². The van der Waals surface area contributed by atoms with Gasteiger partial charge >= 0.3 is 0 Å². The third kappa shape index (κ3) is 3.04. The van der Waals surface area contributed by atoms with Crippen LogP contribution in [0.4, 0.5) is 5.82 Å². The van der Waals surface area contributed by atoms with Crippen LogP contribution in [0.3, 0.4) is 0 Å². The monoisotopic (exact) mass is 257 g/mol. The molecule has 2 heterocycles. The lowest BCUT2D eigenvalue weighted by Crippen LogP contribution is -2.24. The predicted molar refractivity (Wildman–Crippen MR) is 71.3 cm³/mol. The summed E-state index contributed by atoms with van der Waals surface area (Å²) in [4.78, 5) is 23.7. The molecule has 0 atom stereocenters. The number of pyridine rings is 1. The number of amides is 1. The number of aromatic nitrogens is 3. The topological polar surface area (TPSA) is 93.8 Å². The number of hydrogen-bond donors (Lipinski definition) is 2. The fraction of sp³-hybridized carbons (Fsp3) is 0.231. The molecule has 0 fully saturated rings. The minimum atomic E-state index is -0.212. The van der Waals surface area contributed by atoms with Gasteiger partial charge in [0.25, 0.3) is 5.91 Å². The van der Waals surface area contributed by atoms with Crippen LogP contribution in [0.5, 0.6) is 0 Å². The fourth-order valence-corrected chi connectivity index (χ4v) is 1.84. The van der Waals surface area contributed by atoms with Gasteiger partial charge in [-0.05, 0) is 31.0 Å². The van der Waals surface area contributed by atoms with Crippen LogP contribution in [-0.2, 0) is 6.54 Å². The van der Waals surface area contributed by atoms with E-state index in [2.05, 4.69) is 20.3 Å². The van der Waals surface area contributed by atoms with Crippen LogP contribution in [-0.4, -0.2) is 20.9 Å². The summed E-state index contributed by atoms with van der Waals surface area (Å²) in [7, 11) is 0. The number of anilines is 1. The molecule has 0 radical (unpaired) electrons. The SMILES string of the molecule is Cc1cc(N)nc(C)c1CNC(=O)c1cncnc1. The lowest BCUT2D eigenvalue weighted by Gasteiger charge is -2.11.